The van der Waals surface area contributed by atoms with Crippen molar-refractivity contribution in [2.75, 3.05) is 31.6 Å². The van der Waals surface area contributed by atoms with E-state index >= 15 is 0 Å². The number of hydrogen-bond donors (Lipinski definition) is 1. The van der Waals surface area contributed by atoms with Crippen LogP contribution in [0.2, 0.25) is 10.0 Å². The van der Waals surface area contributed by atoms with Gasteiger partial charge in [-0.15, -0.1) is 0 Å². The van der Waals surface area contributed by atoms with Gasteiger partial charge in [-0.25, -0.2) is 8.42 Å². The largest absolute Gasteiger partial charge is 0.497 e. The number of benzene rings is 4. The van der Waals surface area contributed by atoms with E-state index in [0.29, 0.717) is 27.9 Å². The van der Waals surface area contributed by atoms with Gasteiger partial charge in [0, 0.05) is 35.1 Å². The number of anilines is 1. The first-order valence-electron chi connectivity index (χ1n) is 14.4. The van der Waals surface area contributed by atoms with E-state index in [1.807, 2.05) is 30.3 Å². The fourth-order valence-corrected chi connectivity index (χ4v) is 6.87. The molecule has 4 aromatic carbocycles. The Labute approximate surface area is 279 Å². The van der Waals surface area contributed by atoms with Crippen LogP contribution in [0.5, 0.6) is 11.5 Å². The second-order valence-electron chi connectivity index (χ2n) is 10.2. The molecule has 12 heteroatoms. The Bertz CT molecular complexity index is 1730. The summed E-state index contributed by atoms with van der Waals surface area (Å²) in [5.74, 6) is -0.374. The molecule has 4 rings (SSSR count). The minimum absolute atomic E-state index is 0.0720. The summed E-state index contributed by atoms with van der Waals surface area (Å²) in [6.07, 6.45) is 0.153. The van der Waals surface area contributed by atoms with Gasteiger partial charge >= 0.3 is 0 Å². The number of carbonyl (C=O) groups is 2. The molecule has 9 nitrogen and oxygen atoms in total. The summed E-state index contributed by atoms with van der Waals surface area (Å²) in [5.41, 5.74) is 1.36. The average Bonchev–Trinajstić information content (AvgIpc) is 3.06. The number of sulfonamides is 1. The van der Waals surface area contributed by atoms with Crippen molar-refractivity contribution in [1.82, 2.24) is 10.2 Å². The fourth-order valence-electron chi connectivity index (χ4n) is 4.92. The minimum Gasteiger partial charge on any atom is -0.497 e. The maximum atomic E-state index is 14.6. The van der Waals surface area contributed by atoms with Gasteiger partial charge in [-0.3, -0.25) is 13.9 Å². The molecular formula is C34H35Cl2N3O6S. The summed E-state index contributed by atoms with van der Waals surface area (Å²) >= 11 is 13.1. The number of halogens is 2. The third-order valence-electron chi connectivity index (χ3n) is 7.29. The molecule has 0 fully saturated rings. The van der Waals surface area contributed by atoms with Crippen LogP contribution in [-0.2, 0) is 32.6 Å². The molecule has 0 aliphatic carbocycles. The Balaban J connectivity index is 1.85. The van der Waals surface area contributed by atoms with Gasteiger partial charge in [0.05, 0.1) is 24.8 Å². The van der Waals surface area contributed by atoms with Crippen LogP contribution in [0.15, 0.2) is 102 Å². The molecule has 4 aromatic rings. The van der Waals surface area contributed by atoms with Gasteiger partial charge in [-0.05, 0) is 61.0 Å². The molecule has 0 aliphatic rings. The standard InChI is InChI=1S/C34H35Cl2N3O6S/c1-4-37-34(41)31(21-24-11-6-5-7-12-24)38(22-27-28(35)13-10-14-29(27)36)33(40)23-39(30-15-8-9-16-32(30)45-3)46(42,43)26-19-17-25(44-2)18-20-26/h5-20,31H,4,21-23H2,1-3H3,(H,37,41)/t31-/m1/s1. The number of carbonyl (C=O) groups excluding carboxylic acids is 2. The number of hydrogen-bond acceptors (Lipinski definition) is 6. The number of likely N-dealkylation sites (N-methyl/N-ethyl adjacent to an activating group) is 1. The molecular weight excluding hydrogens is 649 g/mol. The van der Waals surface area contributed by atoms with Crippen LogP contribution in [0.4, 0.5) is 5.69 Å². The van der Waals surface area contributed by atoms with E-state index < -0.39 is 34.4 Å². The quantitative estimate of drug-likeness (QED) is 0.175. The van der Waals surface area contributed by atoms with Gasteiger partial charge in [0.2, 0.25) is 11.8 Å². The molecule has 0 bridgehead atoms. The molecule has 46 heavy (non-hydrogen) atoms. The second-order valence-corrected chi connectivity index (χ2v) is 12.9. The van der Waals surface area contributed by atoms with Crippen molar-refractivity contribution in [3.63, 3.8) is 0 Å². The third-order valence-corrected chi connectivity index (χ3v) is 9.77. The van der Waals surface area contributed by atoms with Gasteiger partial charge in [0.1, 0.15) is 24.1 Å². The highest BCUT2D eigenvalue weighted by atomic mass is 35.5. The smallest absolute Gasteiger partial charge is 0.264 e. The molecule has 0 unspecified atom stereocenters. The molecule has 1 N–H and O–H groups in total. The monoisotopic (exact) mass is 683 g/mol. The van der Waals surface area contributed by atoms with Gasteiger partial charge < -0.3 is 19.7 Å². The van der Waals surface area contributed by atoms with Crippen molar-refractivity contribution >= 4 is 50.7 Å². The van der Waals surface area contributed by atoms with Crippen molar-refractivity contribution in [2.24, 2.45) is 0 Å². The van der Waals surface area contributed by atoms with E-state index in [4.69, 9.17) is 32.7 Å². The van der Waals surface area contributed by atoms with Crippen LogP contribution in [0.25, 0.3) is 0 Å². The zero-order valence-corrected chi connectivity index (χ0v) is 28.0. The Morgan fingerprint density at radius 1 is 0.826 bits per heavy atom. The van der Waals surface area contributed by atoms with E-state index in [9.17, 15) is 18.0 Å². The molecule has 1 atom stereocenters. The molecule has 0 aliphatic heterocycles. The van der Waals surface area contributed by atoms with E-state index in [2.05, 4.69) is 5.32 Å². The van der Waals surface area contributed by atoms with Crippen molar-refractivity contribution in [2.45, 2.75) is 30.8 Å². The predicted molar refractivity (Wildman–Crippen MR) is 180 cm³/mol. The molecule has 0 saturated heterocycles. The average molecular weight is 685 g/mol. The Kier molecular flexibility index (Phi) is 11.9. The van der Waals surface area contributed by atoms with E-state index in [1.165, 1.54) is 43.4 Å². The lowest BCUT2D eigenvalue weighted by Gasteiger charge is -2.34. The number of ether oxygens (including phenoxy) is 2. The number of para-hydroxylation sites is 2. The highest BCUT2D eigenvalue weighted by Crippen LogP contribution is 2.34. The maximum Gasteiger partial charge on any atom is 0.264 e. The van der Waals surface area contributed by atoms with Crippen LogP contribution in [0.3, 0.4) is 0 Å². The van der Waals surface area contributed by atoms with Gasteiger partial charge in [-0.2, -0.15) is 0 Å². The molecule has 2 amide bonds. The zero-order valence-electron chi connectivity index (χ0n) is 25.7. The first kappa shape index (κ1) is 34.6. The molecule has 242 valence electrons. The first-order chi connectivity index (χ1) is 22.1. The van der Waals surface area contributed by atoms with Gasteiger partial charge in [-0.1, -0.05) is 71.7 Å². The lowest BCUT2D eigenvalue weighted by molar-refractivity contribution is -0.140. The van der Waals surface area contributed by atoms with Crippen molar-refractivity contribution in [3.8, 4) is 11.5 Å². The molecule has 0 radical (unpaired) electrons. The Morgan fingerprint density at radius 2 is 1.46 bits per heavy atom. The van der Waals surface area contributed by atoms with Crippen molar-refractivity contribution in [1.29, 1.82) is 0 Å². The van der Waals surface area contributed by atoms with Crippen LogP contribution >= 0.6 is 23.2 Å². The second kappa shape index (κ2) is 15.8. The predicted octanol–water partition coefficient (Wildman–Crippen LogP) is 5.98. The highest BCUT2D eigenvalue weighted by molar-refractivity contribution is 7.92. The number of nitrogens with zero attached hydrogens (tertiary/aromatic N) is 2. The Hall–Kier alpha value is -4.25. The molecule has 0 saturated carbocycles. The van der Waals surface area contributed by atoms with Gasteiger partial charge in [0.25, 0.3) is 10.0 Å². The molecule has 0 spiro atoms. The van der Waals surface area contributed by atoms with Crippen molar-refractivity contribution in [3.05, 3.63) is 118 Å². The van der Waals surface area contributed by atoms with E-state index in [0.717, 1.165) is 9.87 Å². The minimum atomic E-state index is -4.35. The van der Waals surface area contributed by atoms with Crippen molar-refractivity contribution < 1.29 is 27.5 Å². The molecule has 0 heterocycles. The highest BCUT2D eigenvalue weighted by Gasteiger charge is 2.36. The summed E-state index contributed by atoms with van der Waals surface area (Å²) in [7, 11) is -1.46. The Morgan fingerprint density at radius 3 is 2.07 bits per heavy atom. The zero-order chi connectivity index (χ0) is 33.3. The topological polar surface area (TPSA) is 105 Å². The summed E-state index contributed by atoms with van der Waals surface area (Å²) in [6.45, 7) is 1.27. The SMILES string of the molecule is CCNC(=O)[C@@H](Cc1ccccc1)N(Cc1c(Cl)cccc1Cl)C(=O)CN(c1ccccc1OC)S(=O)(=O)c1ccc(OC)cc1. The number of methoxy groups -OCH3 is 2. The van der Waals surface area contributed by atoms with E-state index in [-0.39, 0.29) is 29.3 Å². The number of nitrogens with one attached hydrogen (secondary N) is 1. The van der Waals surface area contributed by atoms with E-state index in [1.54, 1.807) is 49.4 Å². The number of amides is 2. The summed E-state index contributed by atoms with van der Waals surface area (Å²) in [6, 6.07) is 25.5. The summed E-state index contributed by atoms with van der Waals surface area (Å²) < 4.78 is 40.2. The third kappa shape index (κ3) is 8.12. The molecule has 0 aromatic heterocycles. The lowest BCUT2D eigenvalue weighted by Crippen LogP contribution is -2.53. The van der Waals surface area contributed by atoms with Crippen LogP contribution in [0.1, 0.15) is 18.1 Å². The fraction of sp³-hybridized carbons (Fsp3) is 0.235. The van der Waals surface area contributed by atoms with Gasteiger partial charge in [0.15, 0.2) is 0 Å². The summed E-state index contributed by atoms with van der Waals surface area (Å²) in [4.78, 5) is 29.5. The van der Waals surface area contributed by atoms with Crippen LogP contribution in [0, 0.1) is 0 Å². The first-order valence-corrected chi connectivity index (χ1v) is 16.6. The van der Waals surface area contributed by atoms with Crippen LogP contribution < -0.4 is 19.1 Å². The maximum absolute atomic E-state index is 14.6. The lowest BCUT2D eigenvalue weighted by atomic mass is 10.0. The number of rotatable bonds is 14. The van der Waals surface area contributed by atoms with Crippen LogP contribution in [-0.4, -0.2) is 58.5 Å². The summed E-state index contributed by atoms with van der Waals surface area (Å²) in [5, 5.41) is 3.42. The normalized spacial score (nSPS) is 11.8.